The molecule has 0 unspecified atom stereocenters. The molecule has 1 aromatic carbocycles. The fraction of sp³-hybridized carbons (Fsp3) is 0.538. The molecule has 0 bridgehead atoms. The number of piperidine rings is 1. The number of benzene rings is 1. The Kier molecular flexibility index (Phi) is 3.37. The van der Waals surface area contributed by atoms with Gasteiger partial charge in [0.1, 0.15) is 0 Å². The summed E-state index contributed by atoms with van der Waals surface area (Å²) in [5.74, 6) is -2.40. The second-order valence-corrected chi connectivity index (χ2v) is 5.20. The molecule has 3 nitrogen and oxygen atoms in total. The zero-order valence-corrected chi connectivity index (χ0v) is 11.1. The van der Waals surface area contributed by atoms with Crippen LogP contribution < -0.4 is 4.90 Å². The molecule has 0 radical (unpaired) electrons. The Labute approximate surface area is 115 Å². The smallest absolute Gasteiger partial charge is 0.183 e. The van der Waals surface area contributed by atoms with Gasteiger partial charge in [0.25, 0.3) is 0 Å². The van der Waals surface area contributed by atoms with Crippen LogP contribution in [0.3, 0.4) is 0 Å². The lowest BCUT2D eigenvalue weighted by Crippen LogP contribution is -2.45. The van der Waals surface area contributed by atoms with Crippen molar-refractivity contribution < 1.29 is 18.3 Å². The summed E-state index contributed by atoms with van der Waals surface area (Å²) in [5.41, 5.74) is 0.245. The van der Waals surface area contributed by atoms with Crippen LogP contribution in [-0.2, 0) is 9.47 Å². The molecule has 0 amide bonds. The molecule has 2 aliphatic heterocycles. The summed E-state index contributed by atoms with van der Waals surface area (Å²) in [4.78, 5) is 1.80. The Morgan fingerprint density at radius 2 is 1.68 bits per heavy atom. The number of hydrogen-bond donors (Lipinski definition) is 0. The maximum absolute atomic E-state index is 13.9. The Morgan fingerprint density at radius 3 is 2.32 bits per heavy atom. The largest absolute Gasteiger partial charge is 0.369 e. The van der Waals surface area contributed by atoms with Crippen LogP contribution in [-0.4, -0.2) is 32.1 Å². The van der Waals surface area contributed by atoms with Gasteiger partial charge in [0.2, 0.25) is 0 Å². The molecule has 3 rings (SSSR count). The maximum atomic E-state index is 13.9. The van der Waals surface area contributed by atoms with Gasteiger partial charge < -0.3 is 14.4 Å². The molecule has 0 N–H and O–H groups in total. The van der Waals surface area contributed by atoms with Crippen LogP contribution in [0.25, 0.3) is 0 Å². The van der Waals surface area contributed by atoms with Crippen LogP contribution in [0.5, 0.6) is 0 Å². The van der Waals surface area contributed by atoms with Crippen LogP contribution in [0, 0.1) is 11.6 Å². The van der Waals surface area contributed by atoms with Gasteiger partial charge in [-0.1, -0.05) is 11.6 Å². The van der Waals surface area contributed by atoms with Gasteiger partial charge in [-0.15, -0.1) is 0 Å². The molecule has 2 saturated heterocycles. The van der Waals surface area contributed by atoms with Gasteiger partial charge in [0.05, 0.1) is 23.9 Å². The molecule has 2 aliphatic rings. The van der Waals surface area contributed by atoms with Crippen molar-refractivity contribution in [2.45, 2.75) is 18.6 Å². The first-order valence-electron chi connectivity index (χ1n) is 6.28. The predicted octanol–water partition coefficient (Wildman–Crippen LogP) is 2.96. The minimum Gasteiger partial charge on any atom is -0.369 e. The van der Waals surface area contributed by atoms with Gasteiger partial charge >= 0.3 is 0 Å². The minimum atomic E-state index is -0.993. The van der Waals surface area contributed by atoms with E-state index in [0.717, 1.165) is 0 Å². The van der Waals surface area contributed by atoms with Gasteiger partial charge in [-0.25, -0.2) is 8.78 Å². The van der Waals surface area contributed by atoms with Crippen molar-refractivity contribution in [2.75, 3.05) is 31.2 Å². The highest BCUT2D eigenvalue weighted by Crippen LogP contribution is 2.35. The normalized spacial score (nSPS) is 22.2. The molecular formula is C13H14ClF2NO2. The average Bonchev–Trinajstić information content (AvgIpc) is 2.86. The number of nitrogens with zero attached hydrogens (tertiary/aromatic N) is 1. The number of ether oxygens (including phenoxy) is 2. The first kappa shape index (κ1) is 13.1. The Morgan fingerprint density at radius 1 is 1.05 bits per heavy atom. The van der Waals surface area contributed by atoms with Crippen molar-refractivity contribution in [3.8, 4) is 0 Å². The Balaban J connectivity index is 1.76. The molecule has 104 valence electrons. The lowest BCUT2D eigenvalue weighted by Gasteiger charge is -2.38. The molecule has 2 fully saturated rings. The summed E-state index contributed by atoms with van der Waals surface area (Å²) in [6.45, 7) is 2.34. The summed E-state index contributed by atoms with van der Waals surface area (Å²) >= 11 is 5.55. The Hall–Kier alpha value is -0.910. The maximum Gasteiger partial charge on any atom is 0.183 e. The zero-order chi connectivity index (χ0) is 13.5. The summed E-state index contributed by atoms with van der Waals surface area (Å²) in [6.07, 6.45) is 1.30. The van der Waals surface area contributed by atoms with Crippen molar-refractivity contribution in [3.63, 3.8) is 0 Å². The highest BCUT2D eigenvalue weighted by Gasteiger charge is 2.40. The van der Waals surface area contributed by atoms with Crippen molar-refractivity contribution in [1.82, 2.24) is 0 Å². The third-order valence-electron chi connectivity index (χ3n) is 3.69. The Bertz CT molecular complexity index is 482. The van der Waals surface area contributed by atoms with Crippen LogP contribution in [0.2, 0.25) is 5.02 Å². The summed E-state index contributed by atoms with van der Waals surface area (Å²) in [7, 11) is 0. The van der Waals surface area contributed by atoms with E-state index in [9.17, 15) is 8.78 Å². The van der Waals surface area contributed by atoms with Gasteiger partial charge in [0.15, 0.2) is 17.4 Å². The third-order valence-corrected chi connectivity index (χ3v) is 3.99. The second-order valence-electron chi connectivity index (χ2n) is 4.79. The first-order chi connectivity index (χ1) is 9.11. The molecule has 0 aliphatic carbocycles. The lowest BCUT2D eigenvalue weighted by atomic mass is 10.0. The highest BCUT2D eigenvalue weighted by atomic mass is 35.5. The van der Waals surface area contributed by atoms with Crippen LogP contribution in [0.4, 0.5) is 14.5 Å². The fourth-order valence-electron chi connectivity index (χ4n) is 2.63. The zero-order valence-electron chi connectivity index (χ0n) is 10.3. The van der Waals surface area contributed by atoms with E-state index >= 15 is 0 Å². The van der Waals surface area contributed by atoms with Crippen molar-refractivity contribution >= 4 is 17.3 Å². The molecule has 1 aromatic rings. The first-order valence-corrected chi connectivity index (χ1v) is 6.65. The molecule has 0 atom stereocenters. The number of anilines is 1. The topological polar surface area (TPSA) is 21.7 Å². The number of rotatable bonds is 1. The molecular weight excluding hydrogens is 276 g/mol. The predicted molar refractivity (Wildman–Crippen MR) is 67.5 cm³/mol. The van der Waals surface area contributed by atoms with Gasteiger partial charge in [-0.05, 0) is 12.1 Å². The quantitative estimate of drug-likeness (QED) is 0.742. The van der Waals surface area contributed by atoms with E-state index in [-0.39, 0.29) is 10.7 Å². The molecule has 2 heterocycles. The minimum absolute atomic E-state index is 0.197. The molecule has 1 spiro atoms. The molecule has 0 aromatic heterocycles. The van der Waals surface area contributed by atoms with E-state index in [1.165, 1.54) is 12.1 Å². The summed E-state index contributed by atoms with van der Waals surface area (Å²) < 4.78 is 38.5. The standard InChI is InChI=1S/C13H14ClF2NO2/c14-9-1-2-10(12(16)11(9)15)17-5-3-13(4-6-17)18-7-8-19-13/h1-2H,3-8H2. The average molecular weight is 290 g/mol. The van der Waals surface area contributed by atoms with E-state index in [0.29, 0.717) is 39.1 Å². The molecule has 19 heavy (non-hydrogen) atoms. The summed E-state index contributed by atoms with van der Waals surface area (Å²) in [6, 6.07) is 2.89. The van der Waals surface area contributed by atoms with Gasteiger partial charge in [0, 0.05) is 25.9 Å². The third kappa shape index (κ3) is 2.30. The van der Waals surface area contributed by atoms with Crippen molar-refractivity contribution in [2.24, 2.45) is 0 Å². The lowest BCUT2D eigenvalue weighted by molar-refractivity contribution is -0.169. The molecule has 0 saturated carbocycles. The highest BCUT2D eigenvalue weighted by molar-refractivity contribution is 6.30. The van der Waals surface area contributed by atoms with E-state index in [4.69, 9.17) is 21.1 Å². The van der Waals surface area contributed by atoms with Crippen LogP contribution >= 0.6 is 11.6 Å². The SMILES string of the molecule is Fc1c(Cl)ccc(N2CCC3(CC2)OCCO3)c1F. The van der Waals surface area contributed by atoms with E-state index in [1.54, 1.807) is 4.90 Å². The van der Waals surface area contributed by atoms with E-state index in [2.05, 4.69) is 0 Å². The van der Waals surface area contributed by atoms with Crippen LogP contribution in [0.15, 0.2) is 12.1 Å². The molecule has 6 heteroatoms. The number of hydrogen-bond acceptors (Lipinski definition) is 3. The van der Waals surface area contributed by atoms with E-state index in [1.807, 2.05) is 0 Å². The van der Waals surface area contributed by atoms with Gasteiger partial charge in [-0.3, -0.25) is 0 Å². The summed E-state index contributed by atoms with van der Waals surface area (Å²) in [5, 5.41) is -0.197. The number of halogens is 3. The van der Waals surface area contributed by atoms with Crippen LogP contribution in [0.1, 0.15) is 12.8 Å². The fourth-order valence-corrected chi connectivity index (χ4v) is 2.78. The van der Waals surface area contributed by atoms with E-state index < -0.39 is 17.4 Å². The monoisotopic (exact) mass is 289 g/mol. The van der Waals surface area contributed by atoms with Crippen molar-refractivity contribution in [1.29, 1.82) is 0 Å². The van der Waals surface area contributed by atoms with Crippen molar-refractivity contribution in [3.05, 3.63) is 28.8 Å². The van der Waals surface area contributed by atoms with Gasteiger partial charge in [-0.2, -0.15) is 0 Å². The second kappa shape index (κ2) is 4.89.